The summed E-state index contributed by atoms with van der Waals surface area (Å²) in [6.45, 7) is 11.6. The van der Waals surface area contributed by atoms with Gasteiger partial charge in [0, 0.05) is 71.5 Å². The highest BCUT2D eigenvalue weighted by Crippen LogP contribution is 2.55. The zero-order valence-corrected chi connectivity index (χ0v) is 35.7. The lowest BCUT2D eigenvalue weighted by atomic mass is 9.33. The summed E-state index contributed by atoms with van der Waals surface area (Å²) >= 11 is 1.90. The highest BCUT2D eigenvalue weighted by atomic mass is 32.1. The van der Waals surface area contributed by atoms with Gasteiger partial charge in [0.15, 0.2) is 0 Å². The second kappa shape index (κ2) is 12.4. The molecule has 0 saturated carbocycles. The van der Waals surface area contributed by atoms with E-state index >= 15 is 0 Å². The molecule has 0 atom stereocenters. The van der Waals surface area contributed by atoms with Gasteiger partial charge in [0.2, 0.25) is 0 Å². The first-order valence-corrected chi connectivity index (χ1v) is 22.3. The Hall–Kier alpha value is -6.82. The van der Waals surface area contributed by atoms with Crippen LogP contribution in [-0.4, -0.2) is 11.3 Å². The van der Waals surface area contributed by atoms with Crippen molar-refractivity contribution >= 4 is 99.6 Å². The molecule has 290 valence electrons. The minimum atomic E-state index is -0.134. The van der Waals surface area contributed by atoms with Crippen molar-refractivity contribution in [2.45, 2.75) is 40.0 Å². The van der Waals surface area contributed by atoms with Crippen LogP contribution in [0.3, 0.4) is 0 Å². The third kappa shape index (κ3) is 4.59. The average Bonchev–Trinajstić information content (AvgIpc) is 3.91. The van der Waals surface area contributed by atoms with Crippen LogP contribution in [0, 0.1) is 20.8 Å². The van der Waals surface area contributed by atoms with Crippen molar-refractivity contribution in [1.82, 2.24) is 4.57 Å². The lowest BCUT2D eigenvalue weighted by Crippen LogP contribution is -2.60. The van der Waals surface area contributed by atoms with Crippen molar-refractivity contribution in [2.75, 3.05) is 9.80 Å². The summed E-state index contributed by atoms with van der Waals surface area (Å²) in [7, 11) is 0. The van der Waals surface area contributed by atoms with Crippen LogP contribution in [0.2, 0.25) is 0 Å². The van der Waals surface area contributed by atoms with E-state index in [0.29, 0.717) is 0 Å². The standard InChI is InChI=1S/C56H42BN3S/c1-33-30-48-52-49(31-33)60-53-40(51-54(60)39-19-8-10-22-41(39)56(51,4)5)21-14-23-43(53)57(52)42-29-28-36(58(44-24-11-6-16-34(44)2)45-25-12-7-17-35(45)3)32-47(42)59(48)46-26-15-20-38-37-18-9-13-27-50(37)61-55(38)46/h6-32H,1-5H3. The number of thiophene rings is 1. The first-order chi connectivity index (χ1) is 29.8. The van der Waals surface area contributed by atoms with Gasteiger partial charge >= 0.3 is 0 Å². The number of benzene rings is 8. The van der Waals surface area contributed by atoms with Crippen LogP contribution in [0.1, 0.15) is 41.7 Å². The fourth-order valence-electron chi connectivity index (χ4n) is 11.4. The maximum absolute atomic E-state index is 2.66. The first-order valence-electron chi connectivity index (χ1n) is 21.5. The van der Waals surface area contributed by atoms with Gasteiger partial charge in [0.05, 0.1) is 16.1 Å². The molecule has 0 radical (unpaired) electrons. The third-order valence-corrected chi connectivity index (χ3v) is 15.2. The SMILES string of the molecule is Cc1cc2c3c(c1)-n1c4c(c5cccc(c51)B3c1ccc(N(c3ccccc3C)c3ccccc3C)cc1N2c1cccc2c1sc1ccccc12)C(C)(C)c1ccccc1-4. The summed E-state index contributed by atoms with van der Waals surface area (Å²) in [6, 6.07) is 61.8. The van der Waals surface area contributed by atoms with Crippen LogP contribution in [0.4, 0.5) is 34.1 Å². The van der Waals surface area contributed by atoms with Gasteiger partial charge in [-0.15, -0.1) is 11.3 Å². The maximum Gasteiger partial charge on any atom is 0.252 e. The van der Waals surface area contributed by atoms with E-state index in [1.165, 1.54) is 121 Å². The minimum Gasteiger partial charge on any atom is -0.310 e. The highest BCUT2D eigenvalue weighted by Gasteiger charge is 2.47. The van der Waals surface area contributed by atoms with Crippen molar-refractivity contribution in [3.8, 4) is 16.9 Å². The van der Waals surface area contributed by atoms with Crippen molar-refractivity contribution in [3.63, 3.8) is 0 Å². The zero-order chi connectivity index (χ0) is 40.9. The Morgan fingerprint density at radius 1 is 0.557 bits per heavy atom. The molecule has 0 unspecified atom stereocenters. The van der Waals surface area contributed by atoms with E-state index in [0.717, 1.165) is 5.69 Å². The summed E-state index contributed by atoms with van der Waals surface area (Å²) < 4.78 is 5.27. The van der Waals surface area contributed by atoms with E-state index in [1.807, 2.05) is 11.3 Å². The fraction of sp³-hybridized carbons (Fsp3) is 0.107. The molecular weight excluding hydrogens is 758 g/mol. The topological polar surface area (TPSA) is 11.4 Å². The minimum absolute atomic E-state index is 0.0440. The normalized spacial score (nSPS) is 14.0. The largest absolute Gasteiger partial charge is 0.310 e. The smallest absolute Gasteiger partial charge is 0.252 e. The van der Waals surface area contributed by atoms with Crippen LogP contribution in [-0.2, 0) is 5.41 Å². The number of anilines is 6. The molecule has 1 aliphatic carbocycles. The predicted molar refractivity (Wildman–Crippen MR) is 262 cm³/mol. The lowest BCUT2D eigenvalue weighted by molar-refractivity contribution is 0.666. The number of hydrogen-bond donors (Lipinski definition) is 0. The van der Waals surface area contributed by atoms with E-state index in [2.05, 4.69) is 213 Å². The van der Waals surface area contributed by atoms with E-state index in [-0.39, 0.29) is 12.1 Å². The molecule has 8 aromatic carbocycles. The Balaban J connectivity index is 1.16. The molecule has 2 aliphatic heterocycles. The number of hydrogen-bond acceptors (Lipinski definition) is 3. The third-order valence-electron chi connectivity index (χ3n) is 14.0. The van der Waals surface area contributed by atoms with Gasteiger partial charge in [0.25, 0.3) is 6.71 Å². The molecule has 0 N–H and O–H groups in total. The average molecular weight is 800 g/mol. The van der Waals surface area contributed by atoms with Crippen LogP contribution in [0.25, 0.3) is 48.0 Å². The van der Waals surface area contributed by atoms with Crippen LogP contribution in [0.5, 0.6) is 0 Å². The summed E-state index contributed by atoms with van der Waals surface area (Å²) in [5.74, 6) is 0. The zero-order valence-electron chi connectivity index (χ0n) is 34.9. The van der Waals surface area contributed by atoms with Gasteiger partial charge in [-0.05, 0) is 114 Å². The van der Waals surface area contributed by atoms with Gasteiger partial charge in [-0.1, -0.05) is 129 Å². The molecule has 0 bridgehead atoms. The van der Waals surface area contributed by atoms with Crippen molar-refractivity contribution in [3.05, 3.63) is 192 Å². The first kappa shape index (κ1) is 35.0. The molecule has 5 heteroatoms. The Bertz CT molecular complexity index is 3490. The van der Waals surface area contributed by atoms with Gasteiger partial charge in [0.1, 0.15) is 0 Å². The Morgan fingerprint density at radius 2 is 1.23 bits per heavy atom. The molecule has 3 aliphatic rings. The summed E-state index contributed by atoms with van der Waals surface area (Å²) in [4.78, 5) is 5.09. The number of nitrogens with zero attached hydrogens (tertiary/aromatic N) is 3. The maximum atomic E-state index is 2.66. The monoisotopic (exact) mass is 799 g/mol. The molecular formula is C56H42BN3S. The molecule has 0 saturated heterocycles. The van der Waals surface area contributed by atoms with Crippen LogP contribution in [0.15, 0.2) is 164 Å². The van der Waals surface area contributed by atoms with Crippen LogP contribution < -0.4 is 26.2 Å². The Morgan fingerprint density at radius 3 is 2.03 bits per heavy atom. The Kier molecular flexibility index (Phi) is 7.10. The second-order valence-corrected chi connectivity index (χ2v) is 18.9. The number of rotatable bonds is 4. The van der Waals surface area contributed by atoms with Gasteiger partial charge < -0.3 is 14.4 Å². The van der Waals surface area contributed by atoms with Crippen molar-refractivity contribution in [1.29, 1.82) is 0 Å². The molecule has 0 fully saturated rings. The van der Waals surface area contributed by atoms with E-state index in [9.17, 15) is 0 Å². The number of aromatic nitrogens is 1. The van der Waals surface area contributed by atoms with Gasteiger partial charge in [-0.3, -0.25) is 0 Å². The fourth-order valence-corrected chi connectivity index (χ4v) is 12.6. The molecule has 10 aromatic rings. The number of para-hydroxylation sites is 3. The predicted octanol–water partition coefficient (Wildman–Crippen LogP) is 13.3. The molecule has 4 heterocycles. The summed E-state index contributed by atoms with van der Waals surface area (Å²) in [5.41, 5.74) is 23.0. The van der Waals surface area contributed by atoms with Gasteiger partial charge in [-0.25, -0.2) is 0 Å². The van der Waals surface area contributed by atoms with Crippen LogP contribution >= 0.6 is 11.3 Å². The Labute approximate surface area is 360 Å². The second-order valence-electron chi connectivity index (χ2n) is 17.9. The lowest BCUT2D eigenvalue weighted by Gasteiger charge is -2.41. The highest BCUT2D eigenvalue weighted by molar-refractivity contribution is 7.26. The van der Waals surface area contributed by atoms with Crippen molar-refractivity contribution in [2.24, 2.45) is 0 Å². The number of fused-ring (bicyclic) bond motifs is 12. The van der Waals surface area contributed by atoms with E-state index < -0.39 is 0 Å². The molecule has 0 spiro atoms. The van der Waals surface area contributed by atoms with Crippen molar-refractivity contribution < 1.29 is 0 Å². The molecule has 61 heavy (non-hydrogen) atoms. The molecule has 2 aromatic heterocycles. The molecule has 3 nitrogen and oxygen atoms in total. The summed E-state index contributed by atoms with van der Waals surface area (Å²) in [5, 5.41) is 3.98. The number of aryl methyl sites for hydroxylation is 3. The van der Waals surface area contributed by atoms with E-state index in [1.54, 1.807) is 0 Å². The summed E-state index contributed by atoms with van der Waals surface area (Å²) in [6.07, 6.45) is 0. The molecule has 0 amide bonds. The van der Waals surface area contributed by atoms with Gasteiger partial charge in [-0.2, -0.15) is 0 Å². The molecule has 13 rings (SSSR count). The van der Waals surface area contributed by atoms with E-state index in [4.69, 9.17) is 0 Å². The quantitative estimate of drug-likeness (QED) is 0.164.